The minimum absolute atomic E-state index is 0.432. The van der Waals surface area contributed by atoms with Crippen molar-refractivity contribution in [3.63, 3.8) is 0 Å². The smallest absolute Gasteiger partial charge is 0.132 e. The van der Waals surface area contributed by atoms with Crippen molar-refractivity contribution in [1.29, 1.82) is 0 Å². The van der Waals surface area contributed by atoms with Crippen LogP contribution in [0.25, 0.3) is 22.3 Å². The molecule has 2 aliphatic rings. The second-order valence-electron chi connectivity index (χ2n) is 12.5. The Morgan fingerprint density at radius 3 is 1.54 bits per heavy atom. The number of hydrogen-bond donors (Lipinski definition) is 0. The van der Waals surface area contributed by atoms with Gasteiger partial charge in [-0.1, -0.05) is 164 Å². The third kappa shape index (κ3) is 3.57. The second-order valence-corrected chi connectivity index (χ2v) is 12.5. The molecule has 0 bridgehead atoms. The van der Waals surface area contributed by atoms with Gasteiger partial charge in [-0.2, -0.15) is 0 Å². The van der Waals surface area contributed by atoms with Crippen LogP contribution in [0, 0.1) is 0 Å². The average Bonchev–Trinajstić information content (AvgIpc) is 3.44. The second kappa shape index (κ2) is 10.2. The molecular formula is C45H32O. The van der Waals surface area contributed by atoms with Gasteiger partial charge >= 0.3 is 0 Å². The highest BCUT2D eigenvalue weighted by Gasteiger charge is 2.48. The van der Waals surface area contributed by atoms with E-state index >= 15 is 0 Å². The lowest BCUT2D eigenvalue weighted by atomic mass is 9.66. The summed E-state index contributed by atoms with van der Waals surface area (Å²) < 4.78 is 6.72. The molecule has 0 amide bonds. The fraction of sp³-hybridized carbons (Fsp3) is 0.0667. The lowest BCUT2D eigenvalue weighted by Gasteiger charge is -2.39. The summed E-state index contributed by atoms with van der Waals surface area (Å²) in [7, 11) is 0. The van der Waals surface area contributed by atoms with E-state index in [1.165, 1.54) is 61.2 Å². The van der Waals surface area contributed by atoms with Crippen LogP contribution in [-0.2, 0) is 10.8 Å². The number of para-hydroxylation sites is 1. The van der Waals surface area contributed by atoms with Crippen molar-refractivity contribution >= 4 is 0 Å². The molecule has 0 spiro atoms. The fourth-order valence-corrected chi connectivity index (χ4v) is 8.37. The Hall–Kier alpha value is -5.66. The van der Waals surface area contributed by atoms with Crippen molar-refractivity contribution in [2.45, 2.75) is 17.8 Å². The van der Waals surface area contributed by atoms with Crippen LogP contribution in [0.3, 0.4) is 0 Å². The molecule has 7 aromatic rings. The van der Waals surface area contributed by atoms with Crippen LogP contribution in [0.4, 0.5) is 0 Å². The normalized spacial score (nSPS) is 16.8. The summed E-state index contributed by atoms with van der Waals surface area (Å²) in [5.74, 6) is 1.82. The number of fused-ring (bicyclic) bond motifs is 5. The standard InChI is InChI=1S/C45H32O/c1-44(31-17-5-2-6-18-31)38-27-13-14-29-40(38)46-41-30-16-25-35(43(41)44)34-24-15-28-39-42(34)36-23-11-12-26-37(36)45(39,32-19-7-3-8-20-32)33-21-9-4-10-22-33/h2-30H,1H3. The Morgan fingerprint density at radius 1 is 0.370 bits per heavy atom. The van der Waals surface area contributed by atoms with Crippen molar-refractivity contribution in [3.8, 4) is 33.8 Å². The molecule has 218 valence electrons. The highest BCUT2D eigenvalue weighted by atomic mass is 16.5. The molecule has 1 heteroatoms. The van der Waals surface area contributed by atoms with Gasteiger partial charge in [0.2, 0.25) is 0 Å². The fourth-order valence-electron chi connectivity index (χ4n) is 8.37. The molecule has 1 atom stereocenters. The summed E-state index contributed by atoms with van der Waals surface area (Å²) in [4.78, 5) is 0. The topological polar surface area (TPSA) is 9.23 Å². The zero-order chi connectivity index (χ0) is 30.7. The monoisotopic (exact) mass is 588 g/mol. The summed E-state index contributed by atoms with van der Waals surface area (Å²) in [6, 6.07) is 63.9. The van der Waals surface area contributed by atoms with Gasteiger partial charge in [0.05, 0.1) is 10.8 Å². The lowest BCUT2D eigenvalue weighted by molar-refractivity contribution is 0.428. The van der Waals surface area contributed by atoms with Gasteiger partial charge in [-0.15, -0.1) is 0 Å². The van der Waals surface area contributed by atoms with Crippen molar-refractivity contribution in [1.82, 2.24) is 0 Å². The van der Waals surface area contributed by atoms with Gasteiger partial charge in [-0.05, 0) is 69.1 Å². The van der Waals surface area contributed by atoms with E-state index in [0.29, 0.717) is 0 Å². The SMILES string of the molecule is CC1(c2ccccc2)c2ccccc2Oc2cccc(-c3cccc4c3-c3ccccc3C4(c3ccccc3)c3ccccc3)c21. The van der Waals surface area contributed by atoms with Gasteiger partial charge in [0, 0.05) is 11.1 Å². The van der Waals surface area contributed by atoms with Crippen LogP contribution in [-0.4, -0.2) is 0 Å². The predicted molar refractivity (Wildman–Crippen MR) is 188 cm³/mol. The molecule has 0 saturated carbocycles. The molecule has 1 unspecified atom stereocenters. The largest absolute Gasteiger partial charge is 0.457 e. The van der Waals surface area contributed by atoms with E-state index in [1.54, 1.807) is 0 Å². The van der Waals surface area contributed by atoms with Crippen LogP contribution < -0.4 is 4.74 Å². The van der Waals surface area contributed by atoms with E-state index in [1.807, 2.05) is 0 Å². The first-order valence-corrected chi connectivity index (χ1v) is 16.0. The summed E-state index contributed by atoms with van der Waals surface area (Å²) in [5, 5.41) is 0. The molecule has 1 heterocycles. The Bertz CT molecular complexity index is 2190. The molecule has 9 rings (SSSR count). The molecule has 0 N–H and O–H groups in total. The summed E-state index contributed by atoms with van der Waals surface area (Å²) in [6.45, 7) is 2.36. The maximum absolute atomic E-state index is 6.72. The van der Waals surface area contributed by atoms with E-state index in [9.17, 15) is 0 Å². The molecular weight excluding hydrogens is 556 g/mol. The first-order chi connectivity index (χ1) is 22.7. The van der Waals surface area contributed by atoms with E-state index < -0.39 is 10.8 Å². The first kappa shape index (κ1) is 26.7. The van der Waals surface area contributed by atoms with E-state index in [4.69, 9.17) is 4.74 Å². The Morgan fingerprint density at radius 2 is 0.848 bits per heavy atom. The highest BCUT2D eigenvalue weighted by molar-refractivity contribution is 5.97. The van der Waals surface area contributed by atoms with E-state index in [0.717, 1.165) is 11.5 Å². The number of ether oxygens (including phenoxy) is 1. The quantitative estimate of drug-likeness (QED) is 0.199. The summed E-state index contributed by atoms with van der Waals surface area (Å²) in [5.41, 5.74) is 12.9. The van der Waals surface area contributed by atoms with Crippen molar-refractivity contribution in [2.75, 3.05) is 0 Å². The molecule has 1 nitrogen and oxygen atoms in total. The maximum Gasteiger partial charge on any atom is 0.132 e. The number of benzene rings is 7. The minimum atomic E-state index is -0.453. The van der Waals surface area contributed by atoms with Gasteiger partial charge in [0.25, 0.3) is 0 Å². The zero-order valence-corrected chi connectivity index (χ0v) is 25.7. The highest BCUT2D eigenvalue weighted by Crippen LogP contribution is 2.60. The van der Waals surface area contributed by atoms with Crippen LogP contribution in [0.1, 0.15) is 45.9 Å². The lowest BCUT2D eigenvalue weighted by Crippen LogP contribution is -2.30. The summed E-state index contributed by atoms with van der Waals surface area (Å²) >= 11 is 0. The van der Waals surface area contributed by atoms with Crippen LogP contribution in [0.15, 0.2) is 176 Å². The van der Waals surface area contributed by atoms with E-state index in [-0.39, 0.29) is 0 Å². The maximum atomic E-state index is 6.72. The Kier molecular flexibility index (Phi) is 5.92. The van der Waals surface area contributed by atoms with Gasteiger partial charge in [-0.3, -0.25) is 0 Å². The zero-order valence-electron chi connectivity index (χ0n) is 25.7. The molecule has 7 aromatic carbocycles. The number of rotatable bonds is 4. The average molecular weight is 589 g/mol. The third-order valence-corrected chi connectivity index (χ3v) is 10.3. The molecule has 0 fully saturated rings. The van der Waals surface area contributed by atoms with Crippen molar-refractivity contribution < 1.29 is 4.74 Å². The summed E-state index contributed by atoms with van der Waals surface area (Å²) in [6.07, 6.45) is 0. The van der Waals surface area contributed by atoms with E-state index in [2.05, 4.69) is 183 Å². The molecule has 0 saturated heterocycles. The first-order valence-electron chi connectivity index (χ1n) is 16.0. The molecule has 46 heavy (non-hydrogen) atoms. The molecule has 1 aliphatic carbocycles. The Balaban J connectivity index is 1.39. The van der Waals surface area contributed by atoms with Crippen LogP contribution >= 0.6 is 0 Å². The predicted octanol–water partition coefficient (Wildman–Crippen LogP) is 11.2. The molecule has 0 radical (unpaired) electrons. The third-order valence-electron chi connectivity index (χ3n) is 10.3. The van der Waals surface area contributed by atoms with Gasteiger partial charge in [0.1, 0.15) is 11.5 Å². The van der Waals surface area contributed by atoms with Gasteiger partial charge in [-0.25, -0.2) is 0 Å². The van der Waals surface area contributed by atoms with Crippen molar-refractivity contribution in [2.24, 2.45) is 0 Å². The van der Waals surface area contributed by atoms with Crippen molar-refractivity contribution in [3.05, 3.63) is 215 Å². The number of hydrogen-bond acceptors (Lipinski definition) is 1. The van der Waals surface area contributed by atoms with Crippen LogP contribution in [0.5, 0.6) is 11.5 Å². The molecule has 0 aromatic heterocycles. The minimum Gasteiger partial charge on any atom is -0.457 e. The van der Waals surface area contributed by atoms with Gasteiger partial charge < -0.3 is 4.74 Å². The Labute approximate surface area is 270 Å². The van der Waals surface area contributed by atoms with Crippen LogP contribution in [0.2, 0.25) is 0 Å². The molecule has 1 aliphatic heterocycles. The van der Waals surface area contributed by atoms with Gasteiger partial charge in [0.15, 0.2) is 0 Å².